The van der Waals surface area contributed by atoms with Crippen LogP contribution in [-0.4, -0.2) is 46.4 Å². The van der Waals surface area contributed by atoms with Gasteiger partial charge in [0.2, 0.25) is 0 Å². The molecule has 0 amide bonds. The van der Waals surface area contributed by atoms with E-state index < -0.39 is 29.4 Å². The lowest BCUT2D eigenvalue weighted by Gasteiger charge is -2.28. The topological polar surface area (TPSA) is 66.8 Å². The summed E-state index contributed by atoms with van der Waals surface area (Å²) in [5.41, 5.74) is -1.07. The summed E-state index contributed by atoms with van der Waals surface area (Å²) in [5.74, 6) is 0.0331. The molecule has 1 aliphatic heterocycles. The average molecular weight is 231 g/mol. The number of carbonyl (C=O) groups excluding carboxylic acids is 1. The van der Waals surface area contributed by atoms with Gasteiger partial charge in [-0.2, -0.15) is 5.06 Å². The Balaban J connectivity index is 2.95. The minimum Gasteiger partial charge on any atom is -0.480 e. The van der Waals surface area contributed by atoms with Gasteiger partial charge in [-0.15, -0.1) is 0 Å². The molecule has 2 unspecified atom stereocenters. The molecule has 90 valence electrons. The molecule has 1 heterocycles. The molecular weight excluding hydrogens is 217 g/mol. The Kier molecular flexibility index (Phi) is 3.48. The van der Waals surface area contributed by atoms with Crippen molar-refractivity contribution in [1.29, 1.82) is 0 Å². The van der Waals surface area contributed by atoms with Gasteiger partial charge in [-0.25, -0.2) is 9.18 Å². The van der Waals surface area contributed by atoms with E-state index in [4.69, 9.17) is 9.94 Å². The van der Waals surface area contributed by atoms with Crippen LogP contribution >= 0.6 is 0 Å². The van der Waals surface area contributed by atoms with Crippen LogP contribution in [0.4, 0.5) is 4.39 Å². The zero-order valence-corrected chi connectivity index (χ0v) is 9.36. The minimum atomic E-state index is -1.64. The molecule has 2 atom stereocenters. The number of carboxylic acids is 1. The maximum absolute atomic E-state index is 13.3. The molecule has 0 aromatic carbocycles. The van der Waals surface area contributed by atoms with Crippen LogP contribution in [0.1, 0.15) is 20.8 Å². The molecule has 5 nitrogen and oxygen atoms in total. The second-order valence-electron chi connectivity index (χ2n) is 4.57. The molecule has 6 heteroatoms. The SMILES string of the molecule is CC(C)(C)ON1CC(F)C(=C=O)C1C(=O)O. The third kappa shape index (κ3) is 2.66. The summed E-state index contributed by atoms with van der Waals surface area (Å²) >= 11 is 0. The summed E-state index contributed by atoms with van der Waals surface area (Å²) in [7, 11) is 0. The van der Waals surface area contributed by atoms with Crippen LogP contribution in [0.2, 0.25) is 0 Å². The molecule has 0 aromatic rings. The van der Waals surface area contributed by atoms with E-state index in [9.17, 15) is 14.0 Å². The maximum atomic E-state index is 13.3. The lowest BCUT2D eigenvalue weighted by molar-refractivity contribution is -0.236. The van der Waals surface area contributed by atoms with Crippen LogP contribution in [0.5, 0.6) is 0 Å². The fraction of sp³-hybridized carbons (Fsp3) is 0.700. The van der Waals surface area contributed by atoms with Crippen molar-refractivity contribution in [2.75, 3.05) is 6.54 Å². The monoisotopic (exact) mass is 231 g/mol. The van der Waals surface area contributed by atoms with E-state index in [-0.39, 0.29) is 6.54 Å². The molecule has 0 spiro atoms. The first kappa shape index (κ1) is 12.8. The molecule has 1 fully saturated rings. The number of hydroxylamine groups is 2. The van der Waals surface area contributed by atoms with E-state index in [0.717, 1.165) is 5.06 Å². The average Bonchev–Trinajstić information content (AvgIpc) is 2.38. The lowest BCUT2D eigenvalue weighted by Crippen LogP contribution is -2.41. The van der Waals surface area contributed by atoms with Crippen molar-refractivity contribution in [3.05, 3.63) is 5.57 Å². The van der Waals surface area contributed by atoms with Gasteiger partial charge in [0, 0.05) is 0 Å². The van der Waals surface area contributed by atoms with E-state index in [1.165, 1.54) is 5.94 Å². The van der Waals surface area contributed by atoms with Gasteiger partial charge in [0.05, 0.1) is 17.7 Å². The van der Waals surface area contributed by atoms with Crippen LogP contribution in [0, 0.1) is 0 Å². The summed E-state index contributed by atoms with van der Waals surface area (Å²) in [4.78, 5) is 26.7. The lowest BCUT2D eigenvalue weighted by atomic mass is 10.1. The Morgan fingerprint density at radius 1 is 1.62 bits per heavy atom. The highest BCUT2D eigenvalue weighted by Gasteiger charge is 2.45. The number of carboxylic acid groups (broad SMARTS) is 1. The number of nitrogens with zero attached hydrogens (tertiary/aromatic N) is 1. The smallest absolute Gasteiger partial charge is 0.328 e. The van der Waals surface area contributed by atoms with E-state index in [0.29, 0.717) is 0 Å². The van der Waals surface area contributed by atoms with Crippen LogP contribution in [0.15, 0.2) is 5.57 Å². The molecule has 0 bridgehead atoms. The van der Waals surface area contributed by atoms with Crippen molar-refractivity contribution >= 4 is 11.9 Å². The first-order valence-electron chi connectivity index (χ1n) is 4.84. The van der Waals surface area contributed by atoms with Crippen LogP contribution < -0.4 is 0 Å². The van der Waals surface area contributed by atoms with Crippen LogP contribution in [0.25, 0.3) is 0 Å². The number of halogens is 1. The van der Waals surface area contributed by atoms with Gasteiger partial charge in [-0.3, -0.25) is 9.63 Å². The second kappa shape index (κ2) is 4.33. The van der Waals surface area contributed by atoms with Crippen molar-refractivity contribution in [3.63, 3.8) is 0 Å². The van der Waals surface area contributed by atoms with Crippen molar-refractivity contribution < 1.29 is 23.9 Å². The highest BCUT2D eigenvalue weighted by molar-refractivity contribution is 5.82. The molecule has 0 radical (unpaired) electrons. The molecule has 1 rings (SSSR count). The number of hydrogen-bond donors (Lipinski definition) is 1. The molecule has 1 N–H and O–H groups in total. The highest BCUT2D eigenvalue weighted by Crippen LogP contribution is 2.27. The first-order valence-corrected chi connectivity index (χ1v) is 4.84. The fourth-order valence-corrected chi connectivity index (χ4v) is 1.51. The van der Waals surface area contributed by atoms with Gasteiger partial charge in [0.1, 0.15) is 12.1 Å². The fourth-order valence-electron chi connectivity index (χ4n) is 1.51. The van der Waals surface area contributed by atoms with Crippen molar-refractivity contribution in [3.8, 4) is 0 Å². The molecular formula is C10H14FNO4. The van der Waals surface area contributed by atoms with Crippen molar-refractivity contribution in [2.45, 2.75) is 38.6 Å². The van der Waals surface area contributed by atoms with Gasteiger partial charge < -0.3 is 5.11 Å². The first-order chi connectivity index (χ1) is 7.26. The quantitative estimate of drug-likeness (QED) is 0.704. The Hall–Kier alpha value is -1.23. The summed E-state index contributed by atoms with van der Waals surface area (Å²) in [6, 6.07) is -1.38. The van der Waals surface area contributed by atoms with Crippen molar-refractivity contribution in [2.24, 2.45) is 0 Å². The van der Waals surface area contributed by atoms with Gasteiger partial charge in [-0.1, -0.05) is 0 Å². The van der Waals surface area contributed by atoms with Crippen LogP contribution in [-0.2, 0) is 14.4 Å². The second-order valence-corrected chi connectivity index (χ2v) is 4.57. The molecule has 1 aliphatic rings. The normalized spacial score (nSPS) is 26.9. The summed E-state index contributed by atoms with van der Waals surface area (Å²) < 4.78 is 13.3. The largest absolute Gasteiger partial charge is 0.480 e. The zero-order valence-electron chi connectivity index (χ0n) is 9.36. The maximum Gasteiger partial charge on any atom is 0.328 e. The minimum absolute atomic E-state index is 0.265. The predicted octanol–water partition coefficient (Wildman–Crippen LogP) is 0.581. The Morgan fingerprint density at radius 3 is 2.56 bits per heavy atom. The van der Waals surface area contributed by atoms with E-state index in [2.05, 4.69) is 0 Å². The standard InChI is InChI=1S/C10H14FNO4/c1-10(2,3)16-12-4-7(11)6(5-13)8(12)9(14)15/h7-8H,4H2,1-3H3,(H,14,15). The Bertz CT molecular complexity index is 343. The molecule has 0 aromatic heterocycles. The highest BCUT2D eigenvalue weighted by atomic mass is 19.1. The Labute approximate surface area is 92.4 Å². The van der Waals surface area contributed by atoms with E-state index >= 15 is 0 Å². The summed E-state index contributed by atoms with van der Waals surface area (Å²) in [6.07, 6.45) is -1.64. The predicted molar refractivity (Wildman–Crippen MR) is 53.1 cm³/mol. The van der Waals surface area contributed by atoms with E-state index in [1.807, 2.05) is 0 Å². The van der Waals surface area contributed by atoms with Gasteiger partial charge in [-0.05, 0) is 20.8 Å². The van der Waals surface area contributed by atoms with Crippen LogP contribution in [0.3, 0.4) is 0 Å². The van der Waals surface area contributed by atoms with E-state index in [1.54, 1.807) is 20.8 Å². The van der Waals surface area contributed by atoms with Crippen molar-refractivity contribution in [1.82, 2.24) is 5.06 Å². The van der Waals surface area contributed by atoms with Gasteiger partial charge >= 0.3 is 5.97 Å². The van der Waals surface area contributed by atoms with Gasteiger partial charge in [0.25, 0.3) is 0 Å². The Morgan fingerprint density at radius 2 is 2.19 bits per heavy atom. The molecule has 0 saturated carbocycles. The summed E-state index contributed by atoms with van der Waals surface area (Å²) in [5, 5.41) is 9.89. The third-order valence-corrected chi connectivity index (χ3v) is 2.00. The number of carbonyl (C=O) groups is 1. The molecule has 0 aliphatic carbocycles. The number of aliphatic carboxylic acids is 1. The molecule has 16 heavy (non-hydrogen) atoms. The zero-order chi connectivity index (χ0) is 12.5. The number of rotatable bonds is 2. The van der Waals surface area contributed by atoms with Gasteiger partial charge in [0.15, 0.2) is 6.04 Å². The number of alkyl halides is 1. The summed E-state index contributed by atoms with van der Waals surface area (Å²) in [6.45, 7) is 4.87. The molecule has 1 saturated heterocycles. The third-order valence-electron chi connectivity index (χ3n) is 2.00. The number of hydrogen-bond acceptors (Lipinski definition) is 4.